The lowest BCUT2D eigenvalue weighted by molar-refractivity contribution is -0.116. The molecular formula is C22H29N3O. The van der Waals surface area contributed by atoms with Gasteiger partial charge in [0.25, 0.3) is 0 Å². The second kappa shape index (κ2) is 8.95. The highest BCUT2D eigenvalue weighted by molar-refractivity contribution is 6.05. The monoisotopic (exact) mass is 351 g/mol. The molecule has 0 radical (unpaired) electrons. The number of anilines is 1. The first-order valence-electron chi connectivity index (χ1n) is 9.76. The van der Waals surface area contributed by atoms with Gasteiger partial charge in [-0.1, -0.05) is 44.2 Å². The van der Waals surface area contributed by atoms with Crippen molar-refractivity contribution < 1.29 is 4.79 Å². The third-order valence-corrected chi connectivity index (χ3v) is 5.21. The minimum atomic E-state index is 0.0862. The van der Waals surface area contributed by atoms with E-state index in [-0.39, 0.29) is 11.8 Å². The molecule has 138 valence electrons. The molecule has 1 amide bonds. The Morgan fingerprint density at radius 2 is 2.04 bits per heavy atom. The van der Waals surface area contributed by atoms with Gasteiger partial charge in [-0.3, -0.25) is 9.79 Å². The number of nitrogens with zero attached hydrogens (tertiary/aromatic N) is 1. The fourth-order valence-electron chi connectivity index (χ4n) is 3.77. The molecule has 1 aromatic rings. The van der Waals surface area contributed by atoms with Gasteiger partial charge < -0.3 is 10.6 Å². The van der Waals surface area contributed by atoms with E-state index < -0.39 is 0 Å². The third kappa shape index (κ3) is 4.31. The number of aliphatic imine (C=N–C) groups is 1. The average molecular weight is 351 g/mol. The molecule has 0 aromatic heterocycles. The Morgan fingerprint density at radius 3 is 2.69 bits per heavy atom. The standard InChI is InChI=1S/C22H29N3O/c1-3-16-7-5-8-17(4-2)22(16)25-20(26)15-19-9-6-12-24-21(19)18-10-13-23-14-11-18/h5-8,10,12,19,23H,3-4,9,11,13-15H2,1-2H3,(H,25,26)/t19-/m1/s1. The van der Waals surface area contributed by atoms with Gasteiger partial charge in [0.1, 0.15) is 0 Å². The number of amides is 1. The van der Waals surface area contributed by atoms with Gasteiger partial charge >= 0.3 is 0 Å². The zero-order valence-electron chi connectivity index (χ0n) is 15.8. The highest BCUT2D eigenvalue weighted by atomic mass is 16.1. The van der Waals surface area contributed by atoms with Gasteiger partial charge in [-0.15, -0.1) is 0 Å². The molecule has 26 heavy (non-hydrogen) atoms. The number of allylic oxidation sites excluding steroid dienone is 1. The molecule has 1 aromatic carbocycles. The van der Waals surface area contributed by atoms with Gasteiger partial charge in [-0.25, -0.2) is 0 Å². The first kappa shape index (κ1) is 18.6. The van der Waals surface area contributed by atoms with Crippen LogP contribution in [0.15, 0.2) is 47.1 Å². The average Bonchev–Trinajstić information content (AvgIpc) is 2.69. The maximum absolute atomic E-state index is 12.8. The van der Waals surface area contributed by atoms with Gasteiger partial charge in [0.15, 0.2) is 0 Å². The van der Waals surface area contributed by atoms with Crippen LogP contribution in [0.3, 0.4) is 0 Å². The van der Waals surface area contributed by atoms with Gasteiger partial charge in [0.2, 0.25) is 5.91 Å². The van der Waals surface area contributed by atoms with Crippen LogP contribution in [0.5, 0.6) is 0 Å². The number of rotatable bonds is 6. The molecule has 4 heteroatoms. The third-order valence-electron chi connectivity index (χ3n) is 5.21. The zero-order valence-corrected chi connectivity index (χ0v) is 15.8. The molecule has 0 spiro atoms. The molecule has 2 aliphatic heterocycles. The number of benzene rings is 1. The van der Waals surface area contributed by atoms with Crippen LogP contribution in [0.1, 0.15) is 44.2 Å². The lowest BCUT2D eigenvalue weighted by atomic mass is 9.86. The number of para-hydroxylation sites is 1. The number of hydrogen-bond acceptors (Lipinski definition) is 3. The Bertz CT molecular complexity index is 724. The normalized spacial score (nSPS) is 19.7. The lowest BCUT2D eigenvalue weighted by Crippen LogP contribution is -2.29. The second-order valence-corrected chi connectivity index (χ2v) is 6.93. The van der Waals surface area contributed by atoms with E-state index >= 15 is 0 Å². The number of carbonyl (C=O) groups is 1. The van der Waals surface area contributed by atoms with Crippen molar-refractivity contribution >= 4 is 17.3 Å². The van der Waals surface area contributed by atoms with E-state index in [0.29, 0.717) is 6.42 Å². The minimum absolute atomic E-state index is 0.0862. The number of carbonyl (C=O) groups excluding carboxylic acids is 1. The summed E-state index contributed by atoms with van der Waals surface area (Å²) in [5.74, 6) is 0.256. The maximum Gasteiger partial charge on any atom is 0.225 e. The highest BCUT2D eigenvalue weighted by Gasteiger charge is 2.24. The van der Waals surface area contributed by atoms with Crippen LogP contribution in [0, 0.1) is 5.92 Å². The van der Waals surface area contributed by atoms with Crippen molar-refractivity contribution in [3.63, 3.8) is 0 Å². The van der Waals surface area contributed by atoms with Crippen molar-refractivity contribution in [1.82, 2.24) is 5.32 Å². The van der Waals surface area contributed by atoms with Crippen molar-refractivity contribution in [2.45, 2.75) is 46.0 Å². The molecule has 0 saturated carbocycles. The van der Waals surface area contributed by atoms with Crippen molar-refractivity contribution in [3.05, 3.63) is 53.3 Å². The van der Waals surface area contributed by atoms with Crippen molar-refractivity contribution in [1.29, 1.82) is 0 Å². The smallest absolute Gasteiger partial charge is 0.225 e. The summed E-state index contributed by atoms with van der Waals surface area (Å²) in [6.45, 7) is 6.13. The van der Waals surface area contributed by atoms with E-state index in [0.717, 1.165) is 50.2 Å². The molecule has 4 nitrogen and oxygen atoms in total. The lowest BCUT2D eigenvalue weighted by Gasteiger charge is -2.24. The molecular weight excluding hydrogens is 322 g/mol. The fraction of sp³-hybridized carbons (Fsp3) is 0.455. The van der Waals surface area contributed by atoms with Gasteiger partial charge in [-0.2, -0.15) is 0 Å². The molecule has 3 rings (SSSR count). The first-order chi connectivity index (χ1) is 12.7. The summed E-state index contributed by atoms with van der Waals surface area (Å²) in [5.41, 5.74) is 5.82. The second-order valence-electron chi connectivity index (χ2n) is 6.93. The van der Waals surface area contributed by atoms with Crippen LogP contribution in [-0.4, -0.2) is 24.7 Å². The van der Waals surface area contributed by atoms with Gasteiger partial charge in [0.05, 0.1) is 0 Å². The molecule has 0 bridgehead atoms. The molecule has 2 heterocycles. The van der Waals surface area contributed by atoms with E-state index in [4.69, 9.17) is 0 Å². The predicted octanol–water partition coefficient (Wildman–Crippen LogP) is 4.03. The summed E-state index contributed by atoms with van der Waals surface area (Å²) >= 11 is 0. The first-order valence-corrected chi connectivity index (χ1v) is 9.76. The van der Waals surface area contributed by atoms with Crippen LogP contribution in [-0.2, 0) is 17.6 Å². The fourth-order valence-corrected chi connectivity index (χ4v) is 3.77. The van der Waals surface area contributed by atoms with E-state index in [1.54, 1.807) is 0 Å². The van der Waals surface area contributed by atoms with Gasteiger partial charge in [-0.05, 0) is 48.9 Å². The van der Waals surface area contributed by atoms with E-state index in [1.807, 2.05) is 6.20 Å². The van der Waals surface area contributed by atoms with Crippen molar-refractivity contribution in [2.24, 2.45) is 10.9 Å². The summed E-state index contributed by atoms with van der Waals surface area (Å²) in [6, 6.07) is 6.28. The molecule has 2 N–H and O–H groups in total. The van der Waals surface area contributed by atoms with Crippen LogP contribution >= 0.6 is 0 Å². The molecule has 0 fully saturated rings. The van der Waals surface area contributed by atoms with Crippen LogP contribution < -0.4 is 10.6 Å². The number of aryl methyl sites for hydroxylation is 2. The Balaban J connectivity index is 1.73. The molecule has 2 aliphatic rings. The van der Waals surface area contributed by atoms with Gasteiger partial charge in [0, 0.05) is 36.5 Å². The van der Waals surface area contributed by atoms with E-state index in [2.05, 4.69) is 59.8 Å². The quantitative estimate of drug-likeness (QED) is 0.813. The summed E-state index contributed by atoms with van der Waals surface area (Å²) in [6.07, 6.45) is 10.4. The molecule has 0 saturated heterocycles. The summed E-state index contributed by atoms with van der Waals surface area (Å²) in [5, 5.41) is 6.54. The van der Waals surface area contributed by atoms with Crippen molar-refractivity contribution in [2.75, 3.05) is 18.4 Å². The Morgan fingerprint density at radius 1 is 1.27 bits per heavy atom. The number of nitrogens with one attached hydrogen (secondary N) is 2. The Kier molecular flexibility index (Phi) is 6.40. The molecule has 0 unspecified atom stereocenters. The largest absolute Gasteiger partial charge is 0.326 e. The van der Waals surface area contributed by atoms with Crippen LogP contribution in [0.25, 0.3) is 0 Å². The van der Waals surface area contributed by atoms with E-state index in [9.17, 15) is 4.79 Å². The van der Waals surface area contributed by atoms with Crippen LogP contribution in [0.4, 0.5) is 5.69 Å². The number of hydrogen-bond donors (Lipinski definition) is 2. The summed E-state index contributed by atoms with van der Waals surface area (Å²) < 4.78 is 0. The molecule has 0 aliphatic carbocycles. The zero-order chi connectivity index (χ0) is 18.4. The Hall–Kier alpha value is -2.20. The van der Waals surface area contributed by atoms with Crippen LogP contribution in [0.2, 0.25) is 0 Å². The molecule has 1 atom stereocenters. The maximum atomic E-state index is 12.8. The topological polar surface area (TPSA) is 53.5 Å². The summed E-state index contributed by atoms with van der Waals surface area (Å²) in [4.78, 5) is 17.4. The highest BCUT2D eigenvalue weighted by Crippen LogP contribution is 2.26. The minimum Gasteiger partial charge on any atom is -0.326 e. The Labute approximate surface area is 156 Å². The van der Waals surface area contributed by atoms with Crippen molar-refractivity contribution in [3.8, 4) is 0 Å². The summed E-state index contributed by atoms with van der Waals surface area (Å²) in [7, 11) is 0. The SMILES string of the molecule is CCc1cccc(CC)c1NC(=O)C[C@H]1CC=CN=C1C1=CCNCC1. The predicted molar refractivity (Wildman–Crippen MR) is 109 cm³/mol. The van der Waals surface area contributed by atoms with E-state index in [1.165, 1.54) is 16.7 Å².